The topological polar surface area (TPSA) is 35.6 Å². The van der Waals surface area contributed by atoms with Gasteiger partial charge < -0.3 is 10.2 Å². The summed E-state index contributed by atoms with van der Waals surface area (Å²) in [5.41, 5.74) is 7.16. The summed E-state index contributed by atoms with van der Waals surface area (Å²) in [6, 6.07) is 16.4. The van der Waals surface area contributed by atoms with E-state index < -0.39 is 0 Å². The number of benzene rings is 2. The fraction of sp³-hybridized carbons (Fsp3) is 0.594. The Labute approximate surface area is 217 Å². The lowest BCUT2D eigenvalue weighted by molar-refractivity contribution is -0.0601. The van der Waals surface area contributed by atoms with Crippen LogP contribution in [-0.4, -0.2) is 54.5 Å². The molecule has 1 N–H and O–H groups in total. The van der Waals surface area contributed by atoms with E-state index >= 15 is 0 Å². The van der Waals surface area contributed by atoms with Gasteiger partial charge in [-0.25, -0.2) is 0 Å². The van der Waals surface area contributed by atoms with Crippen molar-refractivity contribution in [3.05, 3.63) is 70.3 Å². The summed E-state index contributed by atoms with van der Waals surface area (Å²) in [5, 5.41) is 3.55. The predicted molar refractivity (Wildman–Crippen MR) is 147 cm³/mol. The molecular weight excluding hydrogens is 442 g/mol. The van der Waals surface area contributed by atoms with Crippen molar-refractivity contribution in [1.82, 2.24) is 15.1 Å². The van der Waals surface area contributed by atoms with Gasteiger partial charge >= 0.3 is 0 Å². The minimum Gasteiger partial charge on any atom is -0.335 e. The van der Waals surface area contributed by atoms with Gasteiger partial charge in [-0.05, 0) is 110 Å². The van der Waals surface area contributed by atoms with Crippen molar-refractivity contribution in [3.63, 3.8) is 0 Å². The summed E-state index contributed by atoms with van der Waals surface area (Å²) >= 11 is 0. The van der Waals surface area contributed by atoms with E-state index in [-0.39, 0.29) is 11.9 Å². The first kappa shape index (κ1) is 24.2. The van der Waals surface area contributed by atoms with Crippen LogP contribution in [0.25, 0.3) is 0 Å². The van der Waals surface area contributed by atoms with Crippen molar-refractivity contribution in [2.75, 3.05) is 32.7 Å². The van der Waals surface area contributed by atoms with E-state index in [4.69, 9.17) is 0 Å². The molecule has 4 nitrogen and oxygen atoms in total. The second-order valence-corrected chi connectivity index (χ2v) is 12.3. The van der Waals surface area contributed by atoms with Crippen molar-refractivity contribution in [3.8, 4) is 0 Å². The second-order valence-electron chi connectivity index (χ2n) is 12.3. The molecule has 0 bridgehead atoms. The monoisotopic (exact) mass is 485 g/mol. The van der Waals surface area contributed by atoms with Crippen LogP contribution >= 0.6 is 0 Å². The van der Waals surface area contributed by atoms with Crippen LogP contribution in [0.15, 0.2) is 42.5 Å². The smallest absolute Gasteiger partial charge is 0.253 e. The van der Waals surface area contributed by atoms with E-state index in [0.29, 0.717) is 17.4 Å². The Morgan fingerprint density at radius 3 is 2.50 bits per heavy atom. The van der Waals surface area contributed by atoms with E-state index in [2.05, 4.69) is 71.4 Å². The van der Waals surface area contributed by atoms with Crippen LogP contribution in [0.2, 0.25) is 0 Å². The molecule has 1 saturated carbocycles. The molecule has 0 radical (unpaired) electrons. The average Bonchev–Trinajstić information content (AvgIpc) is 2.91. The third-order valence-electron chi connectivity index (χ3n) is 9.75. The highest BCUT2D eigenvalue weighted by Crippen LogP contribution is 2.52. The number of aryl methyl sites for hydroxylation is 2. The lowest BCUT2D eigenvalue weighted by atomic mass is 9.60. The maximum Gasteiger partial charge on any atom is 0.253 e. The standard InChI is InChI=1S/C32H43N3O/c1-23(2)28-9-5-6-10-29(28)30-22-34(31(36)26-12-11-24-7-3-4-8-25(24)19-26)17-18-35(30)27-20-32(21-27)13-15-33-16-14-32/h5-6,9-12,19,23,27,30,33H,3-4,7-8,13-18,20-22H2,1-2H3. The Morgan fingerprint density at radius 2 is 1.72 bits per heavy atom. The molecule has 2 aromatic carbocycles. The fourth-order valence-corrected chi connectivity index (χ4v) is 7.62. The summed E-state index contributed by atoms with van der Waals surface area (Å²) in [5.74, 6) is 0.699. The molecule has 1 unspecified atom stereocenters. The highest BCUT2D eigenvalue weighted by atomic mass is 16.2. The Balaban J connectivity index is 1.26. The molecule has 192 valence electrons. The van der Waals surface area contributed by atoms with Gasteiger partial charge in [0.25, 0.3) is 5.91 Å². The molecule has 2 heterocycles. The Bertz CT molecular complexity index is 1090. The highest BCUT2D eigenvalue weighted by molar-refractivity contribution is 5.94. The zero-order valence-corrected chi connectivity index (χ0v) is 22.3. The van der Waals surface area contributed by atoms with Gasteiger partial charge in [-0.1, -0.05) is 44.2 Å². The molecule has 2 saturated heterocycles. The van der Waals surface area contributed by atoms with Crippen LogP contribution in [0.1, 0.15) is 96.9 Å². The van der Waals surface area contributed by atoms with Gasteiger partial charge in [-0.15, -0.1) is 0 Å². The van der Waals surface area contributed by atoms with E-state index in [1.165, 1.54) is 73.9 Å². The number of amides is 1. The number of piperidine rings is 1. The maximum atomic E-state index is 13.8. The number of nitrogens with one attached hydrogen (secondary N) is 1. The van der Waals surface area contributed by atoms with Gasteiger partial charge in [0.1, 0.15) is 0 Å². The first-order valence-electron chi connectivity index (χ1n) is 14.5. The van der Waals surface area contributed by atoms with Crippen molar-refractivity contribution in [1.29, 1.82) is 0 Å². The number of hydrogen-bond acceptors (Lipinski definition) is 3. The molecule has 4 aliphatic rings. The van der Waals surface area contributed by atoms with E-state index in [9.17, 15) is 4.79 Å². The molecule has 1 spiro atoms. The van der Waals surface area contributed by atoms with Gasteiger partial charge in [0.15, 0.2) is 0 Å². The van der Waals surface area contributed by atoms with Gasteiger partial charge in [0.05, 0.1) is 6.04 Å². The lowest BCUT2D eigenvalue weighted by Gasteiger charge is -2.57. The Kier molecular flexibility index (Phi) is 6.68. The number of nitrogens with zero attached hydrogens (tertiary/aromatic N) is 2. The van der Waals surface area contributed by atoms with Crippen molar-refractivity contribution < 1.29 is 4.79 Å². The summed E-state index contributed by atoms with van der Waals surface area (Å²) in [7, 11) is 0. The number of carbonyl (C=O) groups is 1. The number of carbonyl (C=O) groups excluding carboxylic acids is 1. The summed E-state index contributed by atoms with van der Waals surface area (Å²) in [6.45, 7) is 9.56. The molecule has 6 rings (SSSR count). The highest BCUT2D eigenvalue weighted by Gasteiger charge is 2.49. The van der Waals surface area contributed by atoms with Crippen LogP contribution in [0.5, 0.6) is 0 Å². The van der Waals surface area contributed by atoms with Gasteiger partial charge in [-0.3, -0.25) is 9.69 Å². The van der Waals surface area contributed by atoms with Crippen LogP contribution in [0.4, 0.5) is 0 Å². The van der Waals surface area contributed by atoms with E-state index in [1.54, 1.807) is 0 Å². The molecule has 2 aromatic rings. The first-order chi connectivity index (χ1) is 17.5. The summed E-state index contributed by atoms with van der Waals surface area (Å²) < 4.78 is 0. The summed E-state index contributed by atoms with van der Waals surface area (Å²) in [4.78, 5) is 18.7. The molecule has 2 aliphatic carbocycles. The average molecular weight is 486 g/mol. The van der Waals surface area contributed by atoms with Gasteiger partial charge in [0.2, 0.25) is 0 Å². The first-order valence-corrected chi connectivity index (χ1v) is 14.5. The number of rotatable bonds is 4. The lowest BCUT2D eigenvalue weighted by Crippen LogP contribution is -2.60. The van der Waals surface area contributed by atoms with Gasteiger partial charge in [0, 0.05) is 31.2 Å². The molecule has 4 heteroatoms. The minimum atomic E-state index is 0.221. The predicted octanol–water partition coefficient (Wildman–Crippen LogP) is 5.72. The van der Waals surface area contributed by atoms with Crippen molar-refractivity contribution in [2.24, 2.45) is 5.41 Å². The quantitative estimate of drug-likeness (QED) is 0.602. The van der Waals surface area contributed by atoms with Crippen LogP contribution < -0.4 is 5.32 Å². The Morgan fingerprint density at radius 1 is 0.972 bits per heavy atom. The molecule has 36 heavy (non-hydrogen) atoms. The molecule has 0 aromatic heterocycles. The van der Waals surface area contributed by atoms with Crippen LogP contribution in [-0.2, 0) is 12.8 Å². The number of hydrogen-bond donors (Lipinski definition) is 1. The maximum absolute atomic E-state index is 13.8. The largest absolute Gasteiger partial charge is 0.335 e. The van der Waals surface area contributed by atoms with E-state index in [1.807, 2.05) is 0 Å². The Hall–Kier alpha value is -2.17. The SMILES string of the molecule is CC(C)c1ccccc1C1CN(C(=O)c2ccc3c(c2)CCCC3)CCN1C1CC2(CCNCC2)C1. The third kappa shape index (κ3) is 4.52. The van der Waals surface area contributed by atoms with E-state index in [0.717, 1.165) is 38.0 Å². The minimum absolute atomic E-state index is 0.221. The molecule has 3 fully saturated rings. The molecule has 1 amide bonds. The molecule has 1 atom stereocenters. The number of fused-ring (bicyclic) bond motifs is 1. The third-order valence-corrected chi connectivity index (χ3v) is 9.75. The summed E-state index contributed by atoms with van der Waals surface area (Å²) in [6.07, 6.45) is 10.1. The second kappa shape index (κ2) is 9.95. The number of piperazine rings is 1. The normalized spacial score (nSPS) is 24.5. The zero-order valence-electron chi connectivity index (χ0n) is 22.3. The zero-order chi connectivity index (χ0) is 24.7. The molecular formula is C32H43N3O. The fourth-order valence-electron chi connectivity index (χ4n) is 7.62. The van der Waals surface area contributed by atoms with Crippen molar-refractivity contribution >= 4 is 5.91 Å². The van der Waals surface area contributed by atoms with Crippen molar-refractivity contribution in [2.45, 2.75) is 83.2 Å². The van der Waals surface area contributed by atoms with Crippen LogP contribution in [0.3, 0.4) is 0 Å². The van der Waals surface area contributed by atoms with Gasteiger partial charge in [-0.2, -0.15) is 0 Å². The molecule has 2 aliphatic heterocycles. The van der Waals surface area contributed by atoms with Crippen LogP contribution in [0, 0.1) is 5.41 Å².